The van der Waals surface area contributed by atoms with E-state index in [2.05, 4.69) is 34.6 Å². The number of nitrogens with one attached hydrogen (secondary N) is 1. The van der Waals surface area contributed by atoms with E-state index < -0.39 is 11.1 Å². The van der Waals surface area contributed by atoms with Crippen LogP contribution in [0.25, 0.3) is 0 Å². The number of nitrogens with zero attached hydrogens (tertiary/aromatic N) is 3. The van der Waals surface area contributed by atoms with Gasteiger partial charge in [0.1, 0.15) is 11.1 Å². The summed E-state index contributed by atoms with van der Waals surface area (Å²) in [6.45, 7) is 2.04. The number of amides is 2. The number of carbonyl (C=O) groups is 2. The van der Waals surface area contributed by atoms with Gasteiger partial charge in [0.15, 0.2) is 5.17 Å². The SMILES string of the molecule is Cc1ccc([C@H]2CC(c3ccccc3)=NN2C2=NC(=O)[C@@H](CC(=O)Nc3cccc(F)c3)S2)cc1. The van der Waals surface area contributed by atoms with Crippen molar-refractivity contribution in [1.82, 2.24) is 5.01 Å². The van der Waals surface area contributed by atoms with E-state index in [1.54, 1.807) is 11.1 Å². The number of carbonyl (C=O) groups excluding carboxylic acids is 2. The van der Waals surface area contributed by atoms with Gasteiger partial charge >= 0.3 is 0 Å². The summed E-state index contributed by atoms with van der Waals surface area (Å²) < 4.78 is 13.4. The van der Waals surface area contributed by atoms with Gasteiger partial charge in [0.05, 0.1) is 11.8 Å². The highest BCUT2D eigenvalue weighted by Gasteiger charge is 2.39. The Bertz CT molecular complexity index is 1320. The van der Waals surface area contributed by atoms with Crippen LogP contribution in [-0.4, -0.2) is 33.0 Å². The van der Waals surface area contributed by atoms with Crippen LogP contribution < -0.4 is 5.32 Å². The Kier molecular flexibility index (Phi) is 6.46. The van der Waals surface area contributed by atoms with Crippen LogP contribution in [0.3, 0.4) is 0 Å². The first-order chi connectivity index (χ1) is 17.0. The lowest BCUT2D eigenvalue weighted by Gasteiger charge is -2.23. The van der Waals surface area contributed by atoms with E-state index in [0.29, 0.717) is 17.3 Å². The molecule has 0 fully saturated rings. The first kappa shape index (κ1) is 23.0. The first-order valence-electron chi connectivity index (χ1n) is 11.3. The summed E-state index contributed by atoms with van der Waals surface area (Å²) in [5, 5.41) is 9.12. The number of benzene rings is 3. The van der Waals surface area contributed by atoms with Crippen LogP contribution in [0.1, 0.15) is 35.6 Å². The van der Waals surface area contributed by atoms with E-state index >= 15 is 0 Å². The third-order valence-electron chi connectivity index (χ3n) is 5.88. The Morgan fingerprint density at radius 2 is 1.86 bits per heavy atom. The normalized spacial score (nSPS) is 19.5. The number of anilines is 1. The van der Waals surface area contributed by atoms with Crippen molar-refractivity contribution in [2.75, 3.05) is 5.32 Å². The van der Waals surface area contributed by atoms with Crippen molar-refractivity contribution in [1.29, 1.82) is 0 Å². The molecule has 35 heavy (non-hydrogen) atoms. The summed E-state index contributed by atoms with van der Waals surface area (Å²) in [5.41, 5.74) is 4.53. The summed E-state index contributed by atoms with van der Waals surface area (Å²) in [5.74, 6) is -1.18. The van der Waals surface area contributed by atoms with E-state index in [0.717, 1.165) is 22.4 Å². The van der Waals surface area contributed by atoms with Gasteiger partial charge < -0.3 is 5.32 Å². The maximum atomic E-state index is 13.4. The van der Waals surface area contributed by atoms with Gasteiger partial charge in [-0.15, -0.1) is 0 Å². The average Bonchev–Trinajstić information content (AvgIpc) is 3.44. The van der Waals surface area contributed by atoms with Crippen molar-refractivity contribution in [3.63, 3.8) is 0 Å². The topological polar surface area (TPSA) is 74.1 Å². The minimum absolute atomic E-state index is 0.0642. The molecule has 0 spiro atoms. The van der Waals surface area contributed by atoms with Crippen LogP contribution >= 0.6 is 11.8 Å². The molecule has 0 aliphatic carbocycles. The molecule has 0 saturated heterocycles. The third-order valence-corrected chi connectivity index (χ3v) is 7.03. The van der Waals surface area contributed by atoms with E-state index in [1.807, 2.05) is 37.3 Å². The Balaban J connectivity index is 1.34. The molecule has 0 bridgehead atoms. The van der Waals surface area contributed by atoms with Crippen LogP contribution in [0.5, 0.6) is 0 Å². The van der Waals surface area contributed by atoms with Crippen LogP contribution in [0.2, 0.25) is 0 Å². The van der Waals surface area contributed by atoms with E-state index in [4.69, 9.17) is 5.10 Å². The third kappa shape index (κ3) is 5.17. The van der Waals surface area contributed by atoms with Crippen LogP contribution in [0.15, 0.2) is 89.0 Å². The average molecular weight is 487 g/mol. The fourth-order valence-corrected chi connectivity index (χ4v) is 5.15. The highest BCUT2D eigenvalue weighted by atomic mass is 32.2. The summed E-state index contributed by atoms with van der Waals surface area (Å²) in [4.78, 5) is 29.5. The number of hydrazone groups is 1. The number of halogens is 1. The second-order valence-electron chi connectivity index (χ2n) is 8.49. The molecular formula is C27H23FN4O2S. The van der Waals surface area contributed by atoms with Gasteiger partial charge in [-0.1, -0.05) is 78.0 Å². The van der Waals surface area contributed by atoms with Gasteiger partial charge in [0.2, 0.25) is 5.91 Å². The lowest BCUT2D eigenvalue weighted by atomic mass is 9.98. The summed E-state index contributed by atoms with van der Waals surface area (Å²) in [7, 11) is 0. The maximum absolute atomic E-state index is 13.4. The smallest absolute Gasteiger partial charge is 0.262 e. The Morgan fingerprint density at radius 3 is 2.60 bits per heavy atom. The lowest BCUT2D eigenvalue weighted by Crippen LogP contribution is -2.25. The van der Waals surface area contributed by atoms with Crippen molar-refractivity contribution >= 4 is 40.1 Å². The number of rotatable bonds is 5. The zero-order valence-electron chi connectivity index (χ0n) is 19.0. The van der Waals surface area contributed by atoms with Gasteiger partial charge in [-0.3, -0.25) is 9.59 Å². The number of hydrogen-bond donors (Lipinski definition) is 1. The molecule has 3 aromatic carbocycles. The minimum atomic E-state index is -0.659. The highest BCUT2D eigenvalue weighted by molar-refractivity contribution is 8.15. The van der Waals surface area contributed by atoms with Gasteiger partial charge in [-0.2, -0.15) is 10.1 Å². The number of amidine groups is 1. The highest BCUT2D eigenvalue weighted by Crippen LogP contribution is 2.38. The number of aliphatic imine (C=N–C) groups is 1. The zero-order chi connectivity index (χ0) is 24.4. The Morgan fingerprint density at radius 1 is 1.09 bits per heavy atom. The van der Waals surface area contributed by atoms with E-state index in [1.165, 1.54) is 30.0 Å². The Hall–Kier alpha value is -3.78. The fourth-order valence-electron chi connectivity index (χ4n) is 4.09. The monoisotopic (exact) mass is 486 g/mol. The first-order valence-corrected chi connectivity index (χ1v) is 12.2. The predicted octanol–water partition coefficient (Wildman–Crippen LogP) is 5.31. The van der Waals surface area contributed by atoms with Crippen LogP contribution in [0.4, 0.5) is 10.1 Å². The summed E-state index contributed by atoms with van der Waals surface area (Å²) >= 11 is 1.24. The molecule has 3 aromatic rings. The van der Waals surface area contributed by atoms with Gasteiger partial charge in [0, 0.05) is 18.5 Å². The van der Waals surface area contributed by atoms with Crippen molar-refractivity contribution < 1.29 is 14.0 Å². The lowest BCUT2D eigenvalue weighted by molar-refractivity contribution is -0.121. The molecule has 8 heteroatoms. The van der Waals surface area contributed by atoms with Gasteiger partial charge in [-0.25, -0.2) is 9.40 Å². The van der Waals surface area contributed by atoms with E-state index in [9.17, 15) is 14.0 Å². The Labute approximate surface area is 207 Å². The van der Waals surface area contributed by atoms with Crippen molar-refractivity contribution in [2.45, 2.75) is 31.1 Å². The van der Waals surface area contributed by atoms with Crippen LogP contribution in [0, 0.1) is 12.7 Å². The molecule has 1 N–H and O–H groups in total. The van der Waals surface area contributed by atoms with Crippen LogP contribution in [-0.2, 0) is 9.59 Å². The zero-order valence-corrected chi connectivity index (χ0v) is 19.8. The van der Waals surface area contributed by atoms with Crippen molar-refractivity contribution in [3.05, 3.63) is 101 Å². The fraction of sp³-hybridized carbons (Fsp3) is 0.185. The predicted molar refractivity (Wildman–Crippen MR) is 137 cm³/mol. The molecule has 2 atom stereocenters. The van der Waals surface area contributed by atoms with E-state index in [-0.39, 0.29) is 24.3 Å². The largest absolute Gasteiger partial charge is 0.326 e. The molecule has 0 aromatic heterocycles. The minimum Gasteiger partial charge on any atom is -0.326 e. The van der Waals surface area contributed by atoms with Crippen molar-refractivity contribution in [2.24, 2.45) is 10.1 Å². The van der Waals surface area contributed by atoms with Gasteiger partial charge in [0.25, 0.3) is 5.91 Å². The number of aryl methyl sites for hydroxylation is 1. The molecular weight excluding hydrogens is 463 g/mol. The molecule has 2 amide bonds. The van der Waals surface area contributed by atoms with Crippen molar-refractivity contribution in [3.8, 4) is 0 Å². The molecule has 0 unspecified atom stereocenters. The number of thioether (sulfide) groups is 1. The second-order valence-corrected chi connectivity index (χ2v) is 9.66. The summed E-state index contributed by atoms with van der Waals surface area (Å²) in [6.07, 6.45) is 0.608. The van der Waals surface area contributed by atoms with Gasteiger partial charge in [-0.05, 0) is 36.2 Å². The molecule has 2 aliphatic heterocycles. The molecule has 0 saturated carbocycles. The molecule has 0 radical (unpaired) electrons. The number of hydrogen-bond acceptors (Lipinski definition) is 5. The molecule has 176 valence electrons. The summed E-state index contributed by atoms with van der Waals surface area (Å²) in [6, 6.07) is 23.7. The molecule has 5 rings (SSSR count). The maximum Gasteiger partial charge on any atom is 0.262 e. The standard InChI is InChI=1S/C27H23FN4O2S/c1-17-10-12-19(13-11-17)23-15-22(18-6-3-2-4-7-18)31-32(23)27-30-26(34)24(35-27)16-25(33)29-21-9-5-8-20(28)14-21/h2-14,23-24H,15-16H2,1H3,(H,29,33)/t23-,24-/m1/s1. The molecule has 2 aliphatic rings. The molecule has 2 heterocycles. The quantitative estimate of drug-likeness (QED) is 0.530. The molecule has 6 nitrogen and oxygen atoms in total. The second kappa shape index (κ2) is 9.84.